The van der Waals surface area contributed by atoms with Crippen LogP contribution in [-0.2, 0) is 6.54 Å². The predicted molar refractivity (Wildman–Crippen MR) is 76.6 cm³/mol. The minimum atomic E-state index is 0.535. The number of nitrogens with zero attached hydrogens (tertiary/aromatic N) is 1. The third-order valence-electron chi connectivity index (χ3n) is 3.31. The zero-order valence-electron chi connectivity index (χ0n) is 12.3. The van der Waals surface area contributed by atoms with Crippen LogP contribution in [0.2, 0.25) is 0 Å². The van der Waals surface area contributed by atoms with Crippen molar-refractivity contribution in [3.63, 3.8) is 0 Å². The van der Waals surface area contributed by atoms with Gasteiger partial charge in [-0.25, -0.2) is 0 Å². The normalized spacial score (nSPS) is 13.4. The van der Waals surface area contributed by atoms with E-state index in [1.165, 1.54) is 6.42 Å². The monoisotopic (exact) mass is 252 g/mol. The number of likely N-dealkylation sites (N-methyl/N-ethyl adjacent to an activating group) is 1. The van der Waals surface area contributed by atoms with Crippen molar-refractivity contribution in [2.24, 2.45) is 5.92 Å². The molecule has 0 bridgehead atoms. The Morgan fingerprint density at radius 1 is 1.33 bits per heavy atom. The van der Waals surface area contributed by atoms with E-state index in [0.717, 1.165) is 37.9 Å². The summed E-state index contributed by atoms with van der Waals surface area (Å²) in [5.74, 6) is 1.82. The van der Waals surface area contributed by atoms with Gasteiger partial charge in [-0.15, -0.1) is 0 Å². The Labute approximate surface area is 112 Å². The van der Waals surface area contributed by atoms with Gasteiger partial charge in [-0.1, -0.05) is 20.8 Å². The number of hydrogen-bond donors (Lipinski definition) is 1. The first-order valence-electron chi connectivity index (χ1n) is 7.10. The van der Waals surface area contributed by atoms with Gasteiger partial charge in [-0.3, -0.25) is 4.90 Å². The highest BCUT2D eigenvalue weighted by atomic mass is 16.3. The topological polar surface area (TPSA) is 28.4 Å². The van der Waals surface area contributed by atoms with E-state index in [2.05, 4.69) is 37.9 Å². The van der Waals surface area contributed by atoms with Crippen LogP contribution in [0.25, 0.3) is 0 Å². The lowest BCUT2D eigenvalue weighted by Gasteiger charge is -2.27. The molecule has 0 spiro atoms. The summed E-state index contributed by atoms with van der Waals surface area (Å²) >= 11 is 0. The second-order valence-corrected chi connectivity index (χ2v) is 5.38. The van der Waals surface area contributed by atoms with E-state index in [4.69, 9.17) is 4.42 Å². The predicted octanol–water partition coefficient (Wildman–Crippen LogP) is 3.13. The molecule has 104 valence electrons. The molecule has 1 N–H and O–H groups in total. The van der Waals surface area contributed by atoms with Crippen molar-refractivity contribution < 1.29 is 4.42 Å². The average molecular weight is 252 g/mol. The van der Waals surface area contributed by atoms with E-state index >= 15 is 0 Å². The molecule has 0 aliphatic heterocycles. The summed E-state index contributed by atoms with van der Waals surface area (Å²) in [4.78, 5) is 2.43. The maximum Gasteiger partial charge on any atom is 0.117 e. The highest BCUT2D eigenvalue weighted by molar-refractivity contribution is 4.98. The van der Waals surface area contributed by atoms with Crippen LogP contribution >= 0.6 is 0 Å². The molecule has 1 aromatic rings. The molecule has 0 aliphatic carbocycles. The zero-order chi connectivity index (χ0) is 13.4. The molecule has 0 fully saturated rings. The van der Waals surface area contributed by atoms with Gasteiger partial charge < -0.3 is 9.73 Å². The third-order valence-corrected chi connectivity index (χ3v) is 3.31. The summed E-state index contributed by atoms with van der Waals surface area (Å²) in [5, 5.41) is 3.54. The first-order chi connectivity index (χ1) is 8.63. The summed E-state index contributed by atoms with van der Waals surface area (Å²) < 4.78 is 5.41. The van der Waals surface area contributed by atoms with E-state index in [1.54, 1.807) is 6.26 Å². The molecule has 0 aromatic carbocycles. The highest BCUT2D eigenvalue weighted by Crippen LogP contribution is 2.08. The standard InChI is InChI=1S/C15H28N2O/c1-5-17(12-15-7-6-10-18-15)14(4)11-16-9-8-13(2)3/h6-7,10,13-14,16H,5,8-9,11-12H2,1-4H3. The molecular formula is C15H28N2O. The van der Waals surface area contributed by atoms with Crippen molar-refractivity contribution >= 4 is 0 Å². The lowest BCUT2D eigenvalue weighted by atomic mass is 10.1. The molecular weight excluding hydrogens is 224 g/mol. The van der Waals surface area contributed by atoms with Crippen LogP contribution < -0.4 is 5.32 Å². The summed E-state index contributed by atoms with van der Waals surface area (Å²) in [6.07, 6.45) is 2.99. The molecule has 3 nitrogen and oxygen atoms in total. The Hall–Kier alpha value is -0.800. The van der Waals surface area contributed by atoms with Gasteiger partial charge in [0.15, 0.2) is 0 Å². The highest BCUT2D eigenvalue weighted by Gasteiger charge is 2.13. The van der Waals surface area contributed by atoms with Gasteiger partial charge in [0.05, 0.1) is 12.8 Å². The van der Waals surface area contributed by atoms with E-state index < -0.39 is 0 Å². The van der Waals surface area contributed by atoms with Gasteiger partial charge in [-0.2, -0.15) is 0 Å². The Bertz CT molecular complexity index is 295. The molecule has 3 heteroatoms. The lowest BCUT2D eigenvalue weighted by molar-refractivity contribution is 0.190. The van der Waals surface area contributed by atoms with E-state index in [9.17, 15) is 0 Å². The van der Waals surface area contributed by atoms with Crippen molar-refractivity contribution in [3.05, 3.63) is 24.2 Å². The van der Waals surface area contributed by atoms with Crippen LogP contribution in [0.15, 0.2) is 22.8 Å². The average Bonchev–Trinajstić information content (AvgIpc) is 2.84. The van der Waals surface area contributed by atoms with Gasteiger partial charge in [-0.05, 0) is 44.5 Å². The Morgan fingerprint density at radius 3 is 2.67 bits per heavy atom. The quantitative estimate of drug-likeness (QED) is 0.684. The maximum atomic E-state index is 5.41. The van der Waals surface area contributed by atoms with Crippen molar-refractivity contribution in [2.75, 3.05) is 19.6 Å². The van der Waals surface area contributed by atoms with Crippen LogP contribution in [-0.4, -0.2) is 30.6 Å². The number of hydrogen-bond acceptors (Lipinski definition) is 3. The lowest BCUT2D eigenvalue weighted by Crippen LogP contribution is -2.40. The van der Waals surface area contributed by atoms with Gasteiger partial charge in [0, 0.05) is 12.6 Å². The fraction of sp³-hybridized carbons (Fsp3) is 0.733. The van der Waals surface area contributed by atoms with Crippen molar-refractivity contribution in [1.29, 1.82) is 0 Å². The maximum absolute atomic E-state index is 5.41. The van der Waals surface area contributed by atoms with Crippen LogP contribution in [0.3, 0.4) is 0 Å². The van der Waals surface area contributed by atoms with Gasteiger partial charge in [0.1, 0.15) is 5.76 Å². The van der Waals surface area contributed by atoms with Crippen LogP contribution in [0.1, 0.15) is 39.9 Å². The molecule has 1 rings (SSSR count). The molecule has 0 saturated heterocycles. The van der Waals surface area contributed by atoms with Crippen molar-refractivity contribution in [1.82, 2.24) is 10.2 Å². The minimum Gasteiger partial charge on any atom is -0.468 e. The van der Waals surface area contributed by atoms with Gasteiger partial charge in [0.2, 0.25) is 0 Å². The fourth-order valence-electron chi connectivity index (χ4n) is 2.01. The van der Waals surface area contributed by atoms with E-state index in [1.807, 2.05) is 12.1 Å². The SMILES string of the molecule is CCN(Cc1ccco1)C(C)CNCCC(C)C. The van der Waals surface area contributed by atoms with Crippen molar-refractivity contribution in [3.8, 4) is 0 Å². The third kappa shape index (κ3) is 5.69. The molecule has 0 amide bonds. The first kappa shape index (κ1) is 15.3. The largest absolute Gasteiger partial charge is 0.468 e. The molecule has 0 radical (unpaired) electrons. The van der Waals surface area contributed by atoms with Crippen LogP contribution in [0, 0.1) is 5.92 Å². The van der Waals surface area contributed by atoms with Gasteiger partial charge >= 0.3 is 0 Å². The number of nitrogens with one attached hydrogen (secondary N) is 1. The molecule has 18 heavy (non-hydrogen) atoms. The Morgan fingerprint density at radius 2 is 2.11 bits per heavy atom. The molecule has 1 atom stereocenters. The molecule has 0 aliphatic rings. The summed E-state index contributed by atoms with van der Waals surface area (Å²) in [7, 11) is 0. The molecule has 1 unspecified atom stereocenters. The van der Waals surface area contributed by atoms with E-state index in [0.29, 0.717) is 6.04 Å². The van der Waals surface area contributed by atoms with Crippen LogP contribution in [0.5, 0.6) is 0 Å². The smallest absolute Gasteiger partial charge is 0.117 e. The summed E-state index contributed by atoms with van der Waals surface area (Å²) in [6.45, 7) is 13.1. The first-order valence-corrected chi connectivity index (χ1v) is 7.10. The van der Waals surface area contributed by atoms with Crippen LogP contribution in [0.4, 0.5) is 0 Å². The van der Waals surface area contributed by atoms with E-state index in [-0.39, 0.29) is 0 Å². The second kappa shape index (κ2) is 8.33. The van der Waals surface area contributed by atoms with Gasteiger partial charge in [0.25, 0.3) is 0 Å². The zero-order valence-corrected chi connectivity index (χ0v) is 12.3. The Kier molecular flexibility index (Phi) is 7.06. The fourth-order valence-corrected chi connectivity index (χ4v) is 2.01. The molecule has 1 heterocycles. The molecule has 1 aromatic heterocycles. The summed E-state index contributed by atoms with van der Waals surface area (Å²) in [5.41, 5.74) is 0. The number of rotatable bonds is 9. The molecule has 0 saturated carbocycles. The Balaban J connectivity index is 2.26. The second-order valence-electron chi connectivity index (χ2n) is 5.38. The minimum absolute atomic E-state index is 0.535. The van der Waals surface area contributed by atoms with Crippen molar-refractivity contribution in [2.45, 2.75) is 46.7 Å². The summed E-state index contributed by atoms with van der Waals surface area (Å²) in [6, 6.07) is 4.53. The number of furan rings is 1.